The zero-order valence-corrected chi connectivity index (χ0v) is 11.4. The standard InChI is InChI=1S/C13H22N2O3/c1-10(2)11(8-16)15(12(17)18-3)14-7-6-13(9-14)4-5-13/h8,10-11H,4-7,9H2,1-3H3. The Hall–Kier alpha value is -1.10. The lowest BCUT2D eigenvalue weighted by molar-refractivity contribution is -0.121. The third-order valence-electron chi connectivity index (χ3n) is 4.15. The number of carbonyl (C=O) groups is 2. The maximum Gasteiger partial charge on any atom is 0.424 e. The van der Waals surface area contributed by atoms with Crippen molar-refractivity contribution in [2.75, 3.05) is 20.2 Å². The lowest BCUT2D eigenvalue weighted by Crippen LogP contribution is -2.53. The van der Waals surface area contributed by atoms with Crippen LogP contribution in [-0.4, -0.2) is 48.6 Å². The minimum Gasteiger partial charge on any atom is -0.452 e. The van der Waals surface area contributed by atoms with Crippen molar-refractivity contribution >= 4 is 12.4 Å². The molecule has 5 nitrogen and oxygen atoms in total. The number of amides is 1. The molecule has 1 aliphatic carbocycles. The molecular weight excluding hydrogens is 232 g/mol. The predicted molar refractivity (Wildman–Crippen MR) is 66.8 cm³/mol. The molecule has 2 aliphatic rings. The predicted octanol–water partition coefficient (Wildman–Crippen LogP) is 1.68. The number of nitrogens with zero attached hydrogens (tertiary/aromatic N) is 2. The molecular formula is C13H22N2O3. The average Bonchev–Trinajstić information content (AvgIpc) is 2.96. The summed E-state index contributed by atoms with van der Waals surface area (Å²) in [5.41, 5.74) is 0.413. The van der Waals surface area contributed by atoms with Crippen LogP contribution in [0.4, 0.5) is 4.79 Å². The van der Waals surface area contributed by atoms with Gasteiger partial charge in [-0.25, -0.2) is 14.8 Å². The minimum absolute atomic E-state index is 0.0809. The molecule has 1 amide bonds. The van der Waals surface area contributed by atoms with E-state index in [1.54, 1.807) is 0 Å². The molecule has 2 rings (SSSR count). The van der Waals surface area contributed by atoms with Gasteiger partial charge in [0.1, 0.15) is 12.3 Å². The Morgan fingerprint density at radius 3 is 2.44 bits per heavy atom. The van der Waals surface area contributed by atoms with Crippen LogP contribution in [0.25, 0.3) is 0 Å². The molecule has 0 aromatic heterocycles. The topological polar surface area (TPSA) is 49.9 Å². The summed E-state index contributed by atoms with van der Waals surface area (Å²) in [6.45, 7) is 5.60. The lowest BCUT2D eigenvalue weighted by atomic mass is 10.1. The van der Waals surface area contributed by atoms with Crippen LogP contribution in [-0.2, 0) is 9.53 Å². The Kier molecular flexibility index (Phi) is 3.61. The van der Waals surface area contributed by atoms with Gasteiger partial charge in [-0.3, -0.25) is 0 Å². The highest BCUT2D eigenvalue weighted by atomic mass is 16.5. The van der Waals surface area contributed by atoms with Gasteiger partial charge in [0.25, 0.3) is 0 Å². The van der Waals surface area contributed by atoms with Crippen LogP contribution in [0.1, 0.15) is 33.1 Å². The van der Waals surface area contributed by atoms with Crippen molar-refractivity contribution in [2.45, 2.75) is 39.2 Å². The second-order valence-corrected chi connectivity index (χ2v) is 5.82. The molecule has 2 fully saturated rings. The van der Waals surface area contributed by atoms with Crippen LogP contribution in [0, 0.1) is 11.3 Å². The maximum atomic E-state index is 11.9. The third kappa shape index (κ3) is 2.36. The van der Waals surface area contributed by atoms with E-state index in [4.69, 9.17) is 4.74 Å². The van der Waals surface area contributed by atoms with Gasteiger partial charge in [0.15, 0.2) is 0 Å². The van der Waals surface area contributed by atoms with Crippen molar-refractivity contribution in [1.29, 1.82) is 0 Å². The minimum atomic E-state index is -0.439. The highest BCUT2D eigenvalue weighted by Crippen LogP contribution is 2.53. The summed E-state index contributed by atoms with van der Waals surface area (Å²) in [5.74, 6) is 0.0809. The monoisotopic (exact) mass is 254 g/mol. The Bertz CT molecular complexity index is 339. The first kappa shape index (κ1) is 13.3. The fraction of sp³-hybridized carbons (Fsp3) is 0.846. The van der Waals surface area contributed by atoms with Gasteiger partial charge < -0.3 is 9.53 Å². The highest BCUT2D eigenvalue weighted by Gasteiger charge is 2.50. The van der Waals surface area contributed by atoms with E-state index in [1.807, 2.05) is 18.9 Å². The van der Waals surface area contributed by atoms with Crippen LogP contribution >= 0.6 is 0 Å². The number of ether oxygens (including phenoxy) is 1. The van der Waals surface area contributed by atoms with Gasteiger partial charge in [-0.15, -0.1) is 0 Å². The summed E-state index contributed by atoms with van der Waals surface area (Å²) in [6.07, 6.45) is 4.01. The van der Waals surface area contributed by atoms with E-state index in [-0.39, 0.29) is 5.92 Å². The van der Waals surface area contributed by atoms with Crippen LogP contribution < -0.4 is 0 Å². The summed E-state index contributed by atoms with van der Waals surface area (Å²) in [4.78, 5) is 23.2. The molecule has 1 atom stereocenters. The Balaban J connectivity index is 2.14. The number of hydrogen-bond donors (Lipinski definition) is 0. The molecule has 102 valence electrons. The van der Waals surface area contributed by atoms with Gasteiger partial charge in [-0.05, 0) is 30.6 Å². The number of rotatable bonds is 4. The van der Waals surface area contributed by atoms with Crippen molar-refractivity contribution in [3.8, 4) is 0 Å². The molecule has 1 spiro atoms. The van der Waals surface area contributed by atoms with Crippen LogP contribution in [0.2, 0.25) is 0 Å². The largest absolute Gasteiger partial charge is 0.452 e. The van der Waals surface area contributed by atoms with Crippen LogP contribution in [0.15, 0.2) is 0 Å². The lowest BCUT2D eigenvalue weighted by Gasteiger charge is -2.36. The van der Waals surface area contributed by atoms with Gasteiger partial charge in [0.2, 0.25) is 0 Å². The molecule has 1 unspecified atom stereocenters. The SMILES string of the molecule is COC(=O)N(C(C=O)C(C)C)N1CCC2(CC2)C1. The van der Waals surface area contributed by atoms with Gasteiger partial charge >= 0.3 is 6.09 Å². The Labute approximate surface area is 108 Å². The molecule has 0 aromatic rings. The third-order valence-corrected chi connectivity index (χ3v) is 4.15. The van der Waals surface area contributed by atoms with E-state index in [1.165, 1.54) is 25.0 Å². The van der Waals surface area contributed by atoms with E-state index < -0.39 is 12.1 Å². The summed E-state index contributed by atoms with van der Waals surface area (Å²) >= 11 is 0. The first-order chi connectivity index (χ1) is 8.53. The molecule has 1 saturated carbocycles. The van der Waals surface area contributed by atoms with E-state index in [0.29, 0.717) is 5.41 Å². The normalized spacial score (nSPS) is 23.1. The van der Waals surface area contributed by atoms with E-state index in [9.17, 15) is 9.59 Å². The fourth-order valence-electron chi connectivity index (χ4n) is 2.70. The van der Waals surface area contributed by atoms with Gasteiger partial charge in [0, 0.05) is 13.1 Å². The van der Waals surface area contributed by atoms with Gasteiger partial charge in [-0.2, -0.15) is 0 Å². The van der Waals surface area contributed by atoms with E-state index in [0.717, 1.165) is 25.8 Å². The van der Waals surface area contributed by atoms with Crippen LogP contribution in [0.3, 0.4) is 0 Å². The number of hydrazine groups is 1. The molecule has 5 heteroatoms. The zero-order valence-electron chi connectivity index (χ0n) is 11.4. The molecule has 0 N–H and O–H groups in total. The van der Waals surface area contributed by atoms with Crippen molar-refractivity contribution in [2.24, 2.45) is 11.3 Å². The second-order valence-electron chi connectivity index (χ2n) is 5.82. The number of aldehydes is 1. The summed E-state index contributed by atoms with van der Waals surface area (Å²) in [6, 6.07) is -0.439. The summed E-state index contributed by atoms with van der Waals surface area (Å²) in [7, 11) is 1.36. The first-order valence-electron chi connectivity index (χ1n) is 6.60. The molecule has 18 heavy (non-hydrogen) atoms. The molecule has 0 aromatic carbocycles. The van der Waals surface area contributed by atoms with Gasteiger partial charge in [0.05, 0.1) is 7.11 Å². The number of methoxy groups -OCH3 is 1. The second kappa shape index (κ2) is 4.88. The number of hydrogen-bond acceptors (Lipinski definition) is 4. The molecule has 1 aliphatic heterocycles. The molecule has 0 radical (unpaired) electrons. The average molecular weight is 254 g/mol. The van der Waals surface area contributed by atoms with Crippen molar-refractivity contribution in [3.63, 3.8) is 0 Å². The molecule has 0 bridgehead atoms. The Morgan fingerprint density at radius 1 is 1.39 bits per heavy atom. The van der Waals surface area contributed by atoms with E-state index >= 15 is 0 Å². The van der Waals surface area contributed by atoms with Crippen molar-refractivity contribution < 1.29 is 14.3 Å². The van der Waals surface area contributed by atoms with Crippen molar-refractivity contribution in [1.82, 2.24) is 10.0 Å². The summed E-state index contributed by atoms with van der Waals surface area (Å²) in [5, 5.41) is 3.52. The first-order valence-corrected chi connectivity index (χ1v) is 6.60. The highest BCUT2D eigenvalue weighted by molar-refractivity contribution is 5.73. The number of carbonyl (C=O) groups excluding carboxylic acids is 2. The molecule has 1 heterocycles. The smallest absolute Gasteiger partial charge is 0.424 e. The Morgan fingerprint density at radius 2 is 2.06 bits per heavy atom. The summed E-state index contributed by atoms with van der Waals surface area (Å²) < 4.78 is 4.83. The molecule has 1 saturated heterocycles. The van der Waals surface area contributed by atoms with Crippen molar-refractivity contribution in [3.05, 3.63) is 0 Å². The van der Waals surface area contributed by atoms with Gasteiger partial charge in [-0.1, -0.05) is 13.8 Å². The zero-order chi connectivity index (χ0) is 13.3. The maximum absolute atomic E-state index is 11.9. The van der Waals surface area contributed by atoms with E-state index in [2.05, 4.69) is 0 Å². The van der Waals surface area contributed by atoms with Crippen LogP contribution in [0.5, 0.6) is 0 Å². The fourth-order valence-corrected chi connectivity index (χ4v) is 2.70. The quantitative estimate of drug-likeness (QED) is 0.716.